The van der Waals surface area contributed by atoms with Crippen LogP contribution in [0.15, 0.2) is 66.7 Å². The van der Waals surface area contributed by atoms with E-state index in [4.69, 9.17) is 0 Å². The number of benzene rings is 3. The van der Waals surface area contributed by atoms with Crippen molar-refractivity contribution in [3.63, 3.8) is 0 Å². The molecule has 2 fully saturated rings. The third-order valence-corrected chi connectivity index (χ3v) is 9.76. The molecule has 1 aliphatic carbocycles. The molecule has 8 heteroatoms. The number of piperidine rings is 2. The molecule has 0 saturated carbocycles. The topological polar surface area (TPSA) is 93.8 Å². The van der Waals surface area contributed by atoms with Crippen molar-refractivity contribution in [2.45, 2.75) is 61.9 Å². The lowest BCUT2D eigenvalue weighted by molar-refractivity contribution is -0.135. The lowest BCUT2D eigenvalue weighted by Crippen LogP contribution is -2.57. The number of likely N-dealkylation sites (tertiary alicyclic amines) is 1. The molecule has 6 rings (SSSR count). The van der Waals surface area contributed by atoms with Crippen LogP contribution >= 0.6 is 0 Å². The van der Waals surface area contributed by atoms with E-state index in [0.29, 0.717) is 19.5 Å². The molecule has 3 atom stereocenters. The smallest absolute Gasteiger partial charge is 0.315 e. The SMILES string of the molecule is CN(C)C(=O)C1CC2(CCN(C(=O)C(Cc3ccc4ccccc4c3)NC(=O)NC3CCCNC3)CC2)c2ccccc21. The van der Waals surface area contributed by atoms with Gasteiger partial charge in [-0.1, -0.05) is 66.7 Å². The van der Waals surface area contributed by atoms with Crippen LogP contribution in [0.5, 0.6) is 0 Å². The van der Waals surface area contributed by atoms with Crippen LogP contribution < -0.4 is 16.0 Å². The van der Waals surface area contributed by atoms with Gasteiger partial charge >= 0.3 is 6.03 Å². The molecule has 0 bridgehead atoms. The van der Waals surface area contributed by atoms with Crippen molar-refractivity contribution in [2.24, 2.45) is 0 Å². The number of likely N-dealkylation sites (N-methyl/N-ethyl adjacent to an activating group) is 1. The molecule has 2 aliphatic heterocycles. The molecule has 8 nitrogen and oxygen atoms in total. The van der Waals surface area contributed by atoms with Gasteiger partial charge in [-0.05, 0) is 66.1 Å². The first-order valence-corrected chi connectivity index (χ1v) is 15.7. The van der Waals surface area contributed by atoms with Gasteiger partial charge in [0.05, 0.1) is 5.92 Å². The molecule has 1 spiro atoms. The fourth-order valence-corrected chi connectivity index (χ4v) is 7.44. The molecule has 2 saturated heterocycles. The Hall–Kier alpha value is -3.91. The molecule has 2 heterocycles. The largest absolute Gasteiger partial charge is 0.348 e. The maximum absolute atomic E-state index is 14.1. The average molecular weight is 582 g/mol. The highest BCUT2D eigenvalue weighted by Gasteiger charge is 2.48. The van der Waals surface area contributed by atoms with Gasteiger partial charge < -0.3 is 25.8 Å². The van der Waals surface area contributed by atoms with E-state index in [1.807, 2.05) is 37.2 Å². The first kappa shape index (κ1) is 29.2. The molecule has 3 aliphatic rings. The van der Waals surface area contributed by atoms with E-state index in [1.165, 1.54) is 5.56 Å². The van der Waals surface area contributed by atoms with E-state index in [0.717, 1.165) is 67.1 Å². The van der Waals surface area contributed by atoms with Gasteiger partial charge in [-0.25, -0.2) is 4.79 Å². The second-order valence-electron chi connectivity index (χ2n) is 12.8. The summed E-state index contributed by atoms with van der Waals surface area (Å²) in [5.41, 5.74) is 3.29. The number of hydrogen-bond acceptors (Lipinski definition) is 4. The standard InChI is InChI=1S/C35H43N5O3/c1-39(2)32(41)29-22-35(30-12-6-5-11-28(29)30)15-18-40(19-16-35)33(42)31(38-34(43)37-27-10-7-17-36-23-27)21-24-13-14-25-8-3-4-9-26(25)20-24/h3-6,8-9,11-14,20,27,29,31,36H,7,10,15-19,21-23H2,1-2H3,(H2,37,38,43). The zero-order valence-electron chi connectivity index (χ0n) is 25.3. The van der Waals surface area contributed by atoms with Crippen molar-refractivity contribution in [1.82, 2.24) is 25.8 Å². The molecular formula is C35H43N5O3. The summed E-state index contributed by atoms with van der Waals surface area (Å²) in [6.07, 6.45) is 4.75. The molecule has 3 aromatic carbocycles. The molecule has 0 aromatic heterocycles. The highest BCUT2D eigenvalue weighted by Crippen LogP contribution is 2.52. The number of rotatable bonds is 6. The minimum atomic E-state index is -0.675. The van der Waals surface area contributed by atoms with E-state index >= 15 is 0 Å². The Labute approximate surface area is 254 Å². The van der Waals surface area contributed by atoms with E-state index in [1.54, 1.807) is 4.90 Å². The van der Waals surface area contributed by atoms with Crippen LogP contribution in [0, 0.1) is 0 Å². The summed E-state index contributed by atoms with van der Waals surface area (Å²) in [6.45, 7) is 2.90. The van der Waals surface area contributed by atoms with Crippen molar-refractivity contribution in [2.75, 3.05) is 40.3 Å². The Morgan fingerprint density at radius 2 is 1.74 bits per heavy atom. The quantitative estimate of drug-likeness (QED) is 0.411. The number of nitrogens with one attached hydrogen (secondary N) is 3. The minimum Gasteiger partial charge on any atom is -0.348 e. The Kier molecular flexibility index (Phi) is 8.39. The van der Waals surface area contributed by atoms with Crippen molar-refractivity contribution >= 4 is 28.6 Å². The van der Waals surface area contributed by atoms with Crippen LogP contribution in [0.1, 0.15) is 54.7 Å². The summed E-state index contributed by atoms with van der Waals surface area (Å²) in [7, 11) is 3.64. The Morgan fingerprint density at radius 3 is 2.49 bits per heavy atom. The number of amides is 4. The third-order valence-electron chi connectivity index (χ3n) is 9.76. The van der Waals surface area contributed by atoms with E-state index in [-0.39, 0.29) is 35.2 Å². The zero-order valence-corrected chi connectivity index (χ0v) is 25.3. The highest BCUT2D eigenvalue weighted by atomic mass is 16.2. The maximum atomic E-state index is 14.1. The molecular weight excluding hydrogens is 538 g/mol. The third kappa shape index (κ3) is 6.11. The van der Waals surface area contributed by atoms with Gasteiger partial charge in [0.25, 0.3) is 0 Å². The number of carbonyl (C=O) groups excluding carboxylic acids is 3. The zero-order chi connectivity index (χ0) is 30.0. The minimum absolute atomic E-state index is 0.0490. The molecule has 3 N–H and O–H groups in total. The lowest BCUT2D eigenvalue weighted by atomic mass is 9.73. The summed E-state index contributed by atoms with van der Waals surface area (Å²) in [4.78, 5) is 44.0. The summed E-state index contributed by atoms with van der Waals surface area (Å²) in [5, 5.41) is 11.7. The molecule has 3 aromatic rings. The van der Waals surface area contributed by atoms with Crippen LogP contribution in [0.25, 0.3) is 10.8 Å². The predicted molar refractivity (Wildman–Crippen MR) is 169 cm³/mol. The lowest BCUT2D eigenvalue weighted by Gasteiger charge is -2.41. The van der Waals surface area contributed by atoms with Crippen LogP contribution in [0.4, 0.5) is 4.79 Å². The van der Waals surface area contributed by atoms with Crippen molar-refractivity contribution in [3.05, 3.63) is 83.4 Å². The second-order valence-corrected chi connectivity index (χ2v) is 12.8. The summed E-state index contributed by atoms with van der Waals surface area (Å²) < 4.78 is 0. The van der Waals surface area contributed by atoms with Gasteiger partial charge in [0, 0.05) is 51.6 Å². The number of nitrogens with zero attached hydrogens (tertiary/aromatic N) is 2. The molecule has 0 radical (unpaired) electrons. The van der Waals surface area contributed by atoms with Gasteiger partial charge in [0.15, 0.2) is 0 Å². The van der Waals surface area contributed by atoms with Crippen LogP contribution in [0.2, 0.25) is 0 Å². The van der Waals surface area contributed by atoms with Crippen LogP contribution in [0.3, 0.4) is 0 Å². The van der Waals surface area contributed by atoms with Gasteiger partial charge in [-0.3, -0.25) is 9.59 Å². The first-order chi connectivity index (χ1) is 20.8. The summed E-state index contributed by atoms with van der Waals surface area (Å²) in [5.74, 6) is -0.0532. The fraction of sp³-hybridized carbons (Fsp3) is 0.457. The maximum Gasteiger partial charge on any atom is 0.315 e. The fourth-order valence-electron chi connectivity index (χ4n) is 7.44. The average Bonchev–Trinajstić information content (AvgIpc) is 3.34. The molecule has 226 valence electrons. The Morgan fingerprint density at radius 1 is 1.00 bits per heavy atom. The Balaban J connectivity index is 1.19. The number of hydrogen-bond donors (Lipinski definition) is 3. The van der Waals surface area contributed by atoms with Crippen molar-refractivity contribution in [1.29, 1.82) is 0 Å². The van der Waals surface area contributed by atoms with Crippen molar-refractivity contribution < 1.29 is 14.4 Å². The van der Waals surface area contributed by atoms with E-state index < -0.39 is 6.04 Å². The van der Waals surface area contributed by atoms with Gasteiger partial charge in [-0.15, -0.1) is 0 Å². The summed E-state index contributed by atoms with van der Waals surface area (Å²) in [6, 6.07) is 21.9. The van der Waals surface area contributed by atoms with Crippen LogP contribution in [-0.4, -0.2) is 80.0 Å². The molecule has 3 unspecified atom stereocenters. The monoisotopic (exact) mass is 581 g/mol. The van der Waals surface area contributed by atoms with E-state index in [9.17, 15) is 14.4 Å². The molecule has 43 heavy (non-hydrogen) atoms. The Bertz CT molecular complexity index is 1490. The van der Waals surface area contributed by atoms with E-state index in [2.05, 4.69) is 64.5 Å². The van der Waals surface area contributed by atoms with Crippen molar-refractivity contribution in [3.8, 4) is 0 Å². The predicted octanol–water partition coefficient (Wildman–Crippen LogP) is 3.94. The number of urea groups is 1. The number of carbonyl (C=O) groups is 3. The normalized spacial score (nSPS) is 21.7. The van der Waals surface area contributed by atoms with Gasteiger partial charge in [0.2, 0.25) is 11.8 Å². The van der Waals surface area contributed by atoms with Gasteiger partial charge in [0.1, 0.15) is 6.04 Å². The first-order valence-electron chi connectivity index (χ1n) is 15.7. The van der Waals surface area contributed by atoms with Gasteiger partial charge in [-0.2, -0.15) is 0 Å². The van der Waals surface area contributed by atoms with Crippen LogP contribution in [-0.2, 0) is 21.4 Å². The highest BCUT2D eigenvalue weighted by molar-refractivity contribution is 5.89. The second kappa shape index (κ2) is 12.4. The summed E-state index contributed by atoms with van der Waals surface area (Å²) >= 11 is 0. The molecule has 4 amide bonds. The number of fused-ring (bicyclic) bond motifs is 3.